The van der Waals surface area contributed by atoms with E-state index in [1.54, 1.807) is 0 Å². The first-order chi connectivity index (χ1) is 5.79. The van der Waals surface area contributed by atoms with Gasteiger partial charge in [0, 0.05) is 0 Å². The maximum Gasteiger partial charge on any atom is 0.119 e. The second-order valence-corrected chi connectivity index (χ2v) is 2.82. The van der Waals surface area contributed by atoms with Gasteiger partial charge in [0.05, 0.1) is 6.61 Å². The highest BCUT2D eigenvalue weighted by Gasteiger charge is 1.94. The average molecular weight is 162 g/mol. The summed E-state index contributed by atoms with van der Waals surface area (Å²) in [7, 11) is 0. The van der Waals surface area contributed by atoms with Gasteiger partial charge in [-0.1, -0.05) is 32.0 Å². The fourth-order valence-corrected chi connectivity index (χ4v) is 0.860. The number of para-hydroxylation sites is 1. The molecule has 0 N–H and O–H groups in total. The number of ether oxygens (including phenoxy) is 1. The summed E-state index contributed by atoms with van der Waals surface area (Å²) in [5, 5.41) is 0. The molecule has 1 rings (SSSR count). The van der Waals surface area contributed by atoms with Crippen LogP contribution < -0.4 is 4.74 Å². The first-order valence-electron chi connectivity index (χ1n) is 4.13. The molecule has 0 atom stereocenters. The highest BCUT2D eigenvalue weighted by atomic mass is 16.5. The molecule has 0 heterocycles. The van der Waals surface area contributed by atoms with Crippen molar-refractivity contribution in [2.45, 2.75) is 6.42 Å². The van der Waals surface area contributed by atoms with Crippen molar-refractivity contribution < 1.29 is 4.74 Å². The average Bonchev–Trinajstić information content (AvgIpc) is 2.05. The van der Waals surface area contributed by atoms with E-state index < -0.39 is 0 Å². The molecule has 1 heteroatoms. The van der Waals surface area contributed by atoms with E-state index in [0.717, 1.165) is 12.2 Å². The van der Waals surface area contributed by atoms with Crippen LogP contribution in [0.3, 0.4) is 0 Å². The molecule has 0 aliphatic carbocycles. The second-order valence-electron chi connectivity index (χ2n) is 2.82. The van der Waals surface area contributed by atoms with Crippen LogP contribution in [0.5, 0.6) is 5.75 Å². The Hall–Kier alpha value is -0.980. The molecule has 0 amide bonds. The zero-order valence-corrected chi connectivity index (χ0v) is 7.20. The fraction of sp³-hybridized carbons (Fsp3) is 0.273. The van der Waals surface area contributed by atoms with E-state index in [4.69, 9.17) is 4.74 Å². The molecule has 0 unspecified atom stereocenters. The number of hydrogen-bond acceptors (Lipinski definition) is 1. The Morgan fingerprint density at radius 2 is 1.83 bits per heavy atom. The first kappa shape index (κ1) is 9.11. The van der Waals surface area contributed by atoms with E-state index in [1.807, 2.05) is 30.3 Å². The number of hydrogen-bond donors (Lipinski definition) is 0. The van der Waals surface area contributed by atoms with E-state index in [0.29, 0.717) is 6.61 Å². The summed E-state index contributed by atoms with van der Waals surface area (Å²) in [4.78, 5) is 0. The minimum atomic E-state index is 0.216. The molecule has 0 aliphatic rings. The maximum atomic E-state index is 5.44. The van der Waals surface area contributed by atoms with Crippen LogP contribution in [0.15, 0.2) is 30.3 Å². The Kier molecular flexibility index (Phi) is 3.65. The van der Waals surface area contributed by atoms with Crippen molar-refractivity contribution in [2.75, 3.05) is 6.61 Å². The lowest BCUT2D eigenvalue weighted by atomic mass is 10.1. The molecule has 0 saturated carbocycles. The Labute approximate surface area is 74.4 Å². The molecule has 2 radical (unpaired) electrons. The van der Waals surface area contributed by atoms with Crippen molar-refractivity contribution in [3.05, 3.63) is 44.2 Å². The Morgan fingerprint density at radius 3 is 2.42 bits per heavy atom. The summed E-state index contributed by atoms with van der Waals surface area (Å²) in [6.45, 7) is 8.25. The summed E-state index contributed by atoms with van der Waals surface area (Å²) in [5.41, 5.74) is 0. The van der Waals surface area contributed by atoms with Gasteiger partial charge in [0.2, 0.25) is 0 Å². The molecule has 0 spiro atoms. The molecule has 0 aliphatic heterocycles. The van der Waals surface area contributed by atoms with Gasteiger partial charge in [0.15, 0.2) is 0 Å². The summed E-state index contributed by atoms with van der Waals surface area (Å²) in [5.74, 6) is 1.13. The monoisotopic (exact) mass is 162 g/mol. The van der Waals surface area contributed by atoms with Crippen LogP contribution in [0.25, 0.3) is 0 Å². The maximum absolute atomic E-state index is 5.44. The van der Waals surface area contributed by atoms with Gasteiger partial charge in [0.1, 0.15) is 5.75 Å². The third-order valence-corrected chi connectivity index (χ3v) is 1.54. The van der Waals surface area contributed by atoms with Crippen molar-refractivity contribution in [1.82, 2.24) is 0 Å². The molecule has 1 nitrogen and oxygen atoms in total. The first-order valence-corrected chi connectivity index (χ1v) is 4.13. The van der Waals surface area contributed by atoms with Gasteiger partial charge in [-0.05, 0) is 24.5 Å². The van der Waals surface area contributed by atoms with Crippen LogP contribution in [0.1, 0.15) is 6.42 Å². The van der Waals surface area contributed by atoms with E-state index in [9.17, 15) is 0 Å². The zero-order chi connectivity index (χ0) is 8.81. The van der Waals surface area contributed by atoms with E-state index >= 15 is 0 Å². The smallest absolute Gasteiger partial charge is 0.119 e. The Balaban J connectivity index is 2.25. The lowest BCUT2D eigenvalue weighted by molar-refractivity contribution is 0.300. The van der Waals surface area contributed by atoms with Crippen LogP contribution in [-0.2, 0) is 0 Å². The van der Waals surface area contributed by atoms with Gasteiger partial charge in [-0.15, -0.1) is 0 Å². The predicted molar refractivity (Wildman–Crippen MR) is 50.8 cm³/mol. The minimum Gasteiger partial charge on any atom is -0.494 e. The Bertz CT molecular complexity index is 204. The van der Waals surface area contributed by atoms with Gasteiger partial charge in [-0.25, -0.2) is 0 Å². The second kappa shape index (κ2) is 4.81. The predicted octanol–water partition coefficient (Wildman–Crippen LogP) is 2.74. The van der Waals surface area contributed by atoms with Crippen molar-refractivity contribution in [1.29, 1.82) is 0 Å². The number of benzene rings is 1. The van der Waals surface area contributed by atoms with Crippen LogP contribution in [0, 0.1) is 19.8 Å². The molecular formula is C11H14O. The third-order valence-electron chi connectivity index (χ3n) is 1.54. The largest absolute Gasteiger partial charge is 0.494 e. The molecule has 1 aromatic carbocycles. The summed E-state index contributed by atoms with van der Waals surface area (Å²) < 4.78 is 5.44. The highest BCUT2D eigenvalue weighted by molar-refractivity contribution is 5.20. The topological polar surface area (TPSA) is 9.23 Å². The summed E-state index contributed by atoms with van der Waals surface area (Å²) in [6.07, 6.45) is 0.898. The van der Waals surface area contributed by atoms with Crippen LogP contribution in [-0.4, -0.2) is 6.61 Å². The molecule has 0 fully saturated rings. The van der Waals surface area contributed by atoms with Gasteiger partial charge < -0.3 is 4.74 Å². The van der Waals surface area contributed by atoms with Crippen molar-refractivity contribution in [3.8, 4) is 5.75 Å². The Morgan fingerprint density at radius 1 is 1.17 bits per heavy atom. The summed E-state index contributed by atoms with van der Waals surface area (Å²) in [6, 6.07) is 9.78. The third kappa shape index (κ3) is 3.42. The molecule has 0 aromatic heterocycles. The fourth-order valence-electron chi connectivity index (χ4n) is 0.860. The highest BCUT2D eigenvalue weighted by Crippen LogP contribution is 2.09. The molecule has 64 valence electrons. The molecule has 0 saturated heterocycles. The number of rotatable bonds is 4. The van der Waals surface area contributed by atoms with E-state index in [-0.39, 0.29) is 5.92 Å². The quantitative estimate of drug-likeness (QED) is 0.661. The SMILES string of the molecule is [CH2]C([CH2])CCOc1ccccc1. The molecule has 1 aromatic rings. The normalized spacial score (nSPS) is 10.2. The lowest BCUT2D eigenvalue weighted by Gasteiger charge is -2.06. The molecule has 12 heavy (non-hydrogen) atoms. The van der Waals surface area contributed by atoms with Crippen molar-refractivity contribution in [3.63, 3.8) is 0 Å². The van der Waals surface area contributed by atoms with E-state index in [1.165, 1.54) is 0 Å². The van der Waals surface area contributed by atoms with Crippen LogP contribution in [0.4, 0.5) is 0 Å². The van der Waals surface area contributed by atoms with E-state index in [2.05, 4.69) is 13.8 Å². The zero-order valence-electron chi connectivity index (χ0n) is 7.20. The summed E-state index contributed by atoms with van der Waals surface area (Å²) >= 11 is 0. The van der Waals surface area contributed by atoms with Crippen molar-refractivity contribution >= 4 is 0 Å². The van der Waals surface area contributed by atoms with Gasteiger partial charge >= 0.3 is 0 Å². The van der Waals surface area contributed by atoms with Crippen LogP contribution in [0.2, 0.25) is 0 Å². The van der Waals surface area contributed by atoms with Gasteiger partial charge in [-0.2, -0.15) is 0 Å². The van der Waals surface area contributed by atoms with Gasteiger partial charge in [0.25, 0.3) is 0 Å². The lowest BCUT2D eigenvalue weighted by Crippen LogP contribution is -2.01. The molecule has 0 bridgehead atoms. The minimum absolute atomic E-state index is 0.216. The van der Waals surface area contributed by atoms with Gasteiger partial charge in [-0.3, -0.25) is 0 Å². The van der Waals surface area contributed by atoms with Crippen molar-refractivity contribution in [2.24, 2.45) is 5.92 Å². The molecular weight excluding hydrogens is 148 g/mol. The van der Waals surface area contributed by atoms with Crippen LogP contribution >= 0.6 is 0 Å². The standard InChI is InChI=1S/C11H14O/c1-10(2)8-9-12-11-6-4-3-5-7-11/h3-7,10H,1-2,8-9H2.